The molecule has 1 heterocycles. The van der Waals surface area contributed by atoms with Crippen LogP contribution in [0.3, 0.4) is 0 Å². The second-order valence-electron chi connectivity index (χ2n) is 12.6. The lowest BCUT2D eigenvalue weighted by molar-refractivity contribution is 0.669. The molecule has 0 saturated carbocycles. The lowest BCUT2D eigenvalue weighted by Crippen LogP contribution is -2.13. The number of rotatable bonds is 8. The number of para-hydroxylation sites is 3. The normalized spacial score (nSPS) is 11.1. The molecule has 0 spiro atoms. The number of fused-ring (bicyclic) bond motifs is 3. The zero-order chi connectivity index (χ0) is 34.0. The third-order valence-corrected chi connectivity index (χ3v) is 9.39. The highest BCUT2D eigenvalue weighted by Crippen LogP contribution is 2.48. The molecule has 8 aromatic carbocycles. The van der Waals surface area contributed by atoms with Crippen molar-refractivity contribution in [3.05, 3.63) is 206 Å². The molecule has 242 valence electrons. The first-order valence-corrected chi connectivity index (χ1v) is 17.3. The quantitative estimate of drug-likeness (QED) is 0.163. The molecule has 0 fully saturated rings. The average molecular weight is 655 g/mol. The topological polar surface area (TPSA) is 19.6 Å². The molecule has 0 saturated heterocycles. The third kappa shape index (κ3) is 5.81. The highest BCUT2D eigenvalue weighted by atomic mass is 16.3. The summed E-state index contributed by atoms with van der Waals surface area (Å²) in [5.74, 6) is 0. The van der Waals surface area contributed by atoms with Crippen molar-refractivity contribution < 1.29 is 4.42 Å². The lowest BCUT2D eigenvalue weighted by atomic mass is 10.0. The summed E-state index contributed by atoms with van der Waals surface area (Å²) >= 11 is 0. The van der Waals surface area contributed by atoms with Gasteiger partial charge in [0, 0.05) is 34.2 Å². The van der Waals surface area contributed by atoms with Crippen LogP contribution >= 0.6 is 0 Å². The Morgan fingerprint density at radius 3 is 1.33 bits per heavy atom. The summed E-state index contributed by atoms with van der Waals surface area (Å²) in [5.41, 5.74) is 12.6. The summed E-state index contributed by atoms with van der Waals surface area (Å²) in [6.45, 7) is 0. The van der Waals surface area contributed by atoms with Crippen LogP contribution in [0.25, 0.3) is 44.2 Å². The van der Waals surface area contributed by atoms with Gasteiger partial charge in [0.25, 0.3) is 0 Å². The molecule has 0 N–H and O–H groups in total. The molecule has 0 aliphatic rings. The van der Waals surface area contributed by atoms with Crippen LogP contribution in [-0.2, 0) is 0 Å². The summed E-state index contributed by atoms with van der Waals surface area (Å²) in [7, 11) is 0. The van der Waals surface area contributed by atoms with Crippen molar-refractivity contribution in [2.45, 2.75) is 0 Å². The van der Waals surface area contributed by atoms with Gasteiger partial charge in [-0.1, -0.05) is 140 Å². The zero-order valence-electron chi connectivity index (χ0n) is 27.9. The molecule has 0 bridgehead atoms. The Morgan fingerprint density at radius 2 is 0.745 bits per heavy atom. The van der Waals surface area contributed by atoms with Crippen LogP contribution in [0.5, 0.6) is 0 Å². The van der Waals surface area contributed by atoms with Crippen LogP contribution < -0.4 is 9.80 Å². The van der Waals surface area contributed by atoms with Crippen molar-refractivity contribution in [3.63, 3.8) is 0 Å². The fourth-order valence-corrected chi connectivity index (χ4v) is 7.06. The van der Waals surface area contributed by atoms with E-state index in [0.717, 1.165) is 67.2 Å². The number of hydrogen-bond donors (Lipinski definition) is 0. The molecule has 1 aromatic heterocycles. The first-order chi connectivity index (χ1) is 25.3. The van der Waals surface area contributed by atoms with E-state index in [2.05, 4.69) is 210 Å². The van der Waals surface area contributed by atoms with Gasteiger partial charge in [-0.2, -0.15) is 0 Å². The van der Waals surface area contributed by atoms with Crippen LogP contribution in [0, 0.1) is 0 Å². The fourth-order valence-electron chi connectivity index (χ4n) is 7.06. The van der Waals surface area contributed by atoms with E-state index in [4.69, 9.17) is 4.42 Å². The zero-order valence-corrected chi connectivity index (χ0v) is 27.9. The minimum Gasteiger partial charge on any atom is -0.456 e. The highest BCUT2D eigenvalue weighted by Gasteiger charge is 2.24. The van der Waals surface area contributed by atoms with Gasteiger partial charge in [-0.05, 0) is 82.9 Å². The van der Waals surface area contributed by atoms with Gasteiger partial charge in [0.05, 0.1) is 16.8 Å². The van der Waals surface area contributed by atoms with E-state index in [1.165, 1.54) is 11.1 Å². The van der Waals surface area contributed by atoms with Crippen LogP contribution in [0.1, 0.15) is 0 Å². The minimum atomic E-state index is 0.823. The van der Waals surface area contributed by atoms with Crippen molar-refractivity contribution >= 4 is 56.1 Å². The largest absolute Gasteiger partial charge is 0.456 e. The summed E-state index contributed by atoms with van der Waals surface area (Å²) in [5, 5.41) is 2.14. The number of anilines is 6. The van der Waals surface area contributed by atoms with E-state index < -0.39 is 0 Å². The number of hydrogen-bond acceptors (Lipinski definition) is 3. The molecule has 0 unspecified atom stereocenters. The number of nitrogens with zero attached hydrogens (tertiary/aromatic N) is 2. The maximum atomic E-state index is 6.71. The Labute approximate surface area is 297 Å². The highest BCUT2D eigenvalue weighted by molar-refractivity contribution is 6.15. The summed E-state index contributed by atoms with van der Waals surface area (Å²) in [4.78, 5) is 4.69. The Balaban J connectivity index is 1.32. The second kappa shape index (κ2) is 13.2. The Kier molecular flexibility index (Phi) is 7.84. The van der Waals surface area contributed by atoms with Gasteiger partial charge < -0.3 is 14.2 Å². The monoisotopic (exact) mass is 654 g/mol. The van der Waals surface area contributed by atoms with Crippen LogP contribution in [-0.4, -0.2) is 0 Å². The van der Waals surface area contributed by atoms with Gasteiger partial charge in [0.15, 0.2) is 0 Å². The van der Waals surface area contributed by atoms with E-state index in [-0.39, 0.29) is 0 Å². The maximum Gasteiger partial charge on any atom is 0.139 e. The van der Waals surface area contributed by atoms with Crippen molar-refractivity contribution in [3.8, 4) is 22.3 Å². The van der Waals surface area contributed by atoms with E-state index in [1.807, 2.05) is 6.07 Å². The molecule has 0 radical (unpaired) electrons. The van der Waals surface area contributed by atoms with Crippen molar-refractivity contribution in [1.82, 2.24) is 0 Å². The van der Waals surface area contributed by atoms with Crippen LogP contribution in [0.4, 0.5) is 34.1 Å². The SMILES string of the molecule is c1ccc(-c2cccc(N(c3ccccc3)c3cc(N(c4ccccc4)c4cccc(-c5ccccc5)c4)c4c(c3)oc3ccccc34)c2)cc1. The molecule has 0 amide bonds. The first kappa shape index (κ1) is 30.2. The molecular formula is C48H34N2O. The summed E-state index contributed by atoms with van der Waals surface area (Å²) < 4.78 is 6.71. The summed E-state index contributed by atoms with van der Waals surface area (Å²) in [6.07, 6.45) is 0. The third-order valence-electron chi connectivity index (χ3n) is 9.39. The first-order valence-electron chi connectivity index (χ1n) is 17.3. The number of furan rings is 1. The summed E-state index contributed by atoms with van der Waals surface area (Å²) in [6, 6.07) is 72.7. The van der Waals surface area contributed by atoms with E-state index >= 15 is 0 Å². The smallest absolute Gasteiger partial charge is 0.139 e. The molecular weight excluding hydrogens is 621 g/mol. The number of benzene rings is 8. The maximum absolute atomic E-state index is 6.71. The molecule has 9 rings (SSSR count). The van der Waals surface area contributed by atoms with Gasteiger partial charge in [-0.25, -0.2) is 0 Å². The Hall–Kier alpha value is -6.84. The molecule has 9 aromatic rings. The van der Waals surface area contributed by atoms with Gasteiger partial charge in [-0.3, -0.25) is 0 Å². The van der Waals surface area contributed by atoms with Crippen molar-refractivity contribution in [2.24, 2.45) is 0 Å². The Morgan fingerprint density at radius 1 is 0.294 bits per heavy atom. The molecule has 0 aliphatic carbocycles. The lowest BCUT2D eigenvalue weighted by Gasteiger charge is -2.30. The van der Waals surface area contributed by atoms with E-state index in [1.54, 1.807) is 0 Å². The molecule has 0 atom stereocenters. The standard InChI is InChI=1S/C48H34N2O/c1-5-17-35(18-6-1)37-21-15-27-41(31-37)49(39-23-9-3-10-24-39)43-33-45(48-44-29-13-14-30-46(44)51-47(48)34-43)50(40-25-11-4-12-26-40)42-28-16-22-38(32-42)36-19-7-2-8-20-36/h1-34H. The molecule has 3 nitrogen and oxygen atoms in total. The van der Waals surface area contributed by atoms with E-state index in [0.29, 0.717) is 0 Å². The van der Waals surface area contributed by atoms with E-state index in [9.17, 15) is 0 Å². The Bertz CT molecular complexity index is 2580. The van der Waals surface area contributed by atoms with Crippen molar-refractivity contribution in [1.29, 1.82) is 0 Å². The molecule has 3 heteroatoms. The van der Waals surface area contributed by atoms with Crippen LogP contribution in [0.15, 0.2) is 211 Å². The van der Waals surface area contributed by atoms with Crippen LogP contribution in [0.2, 0.25) is 0 Å². The van der Waals surface area contributed by atoms with Crippen molar-refractivity contribution in [2.75, 3.05) is 9.80 Å². The second-order valence-corrected chi connectivity index (χ2v) is 12.6. The average Bonchev–Trinajstić information content (AvgIpc) is 3.59. The minimum absolute atomic E-state index is 0.823. The van der Waals surface area contributed by atoms with Gasteiger partial charge in [-0.15, -0.1) is 0 Å². The molecule has 51 heavy (non-hydrogen) atoms. The van der Waals surface area contributed by atoms with Gasteiger partial charge in [0.2, 0.25) is 0 Å². The van der Waals surface area contributed by atoms with Gasteiger partial charge >= 0.3 is 0 Å². The molecule has 0 aliphatic heterocycles. The predicted octanol–water partition coefficient (Wildman–Crippen LogP) is 13.9. The van der Waals surface area contributed by atoms with Gasteiger partial charge in [0.1, 0.15) is 11.2 Å². The predicted molar refractivity (Wildman–Crippen MR) is 214 cm³/mol. The fraction of sp³-hybridized carbons (Fsp3) is 0.